The first-order valence-electron chi connectivity index (χ1n) is 9.72. The van der Waals surface area contributed by atoms with Gasteiger partial charge in [-0.05, 0) is 65.3 Å². The second kappa shape index (κ2) is 8.74. The number of hydrogen-bond donors (Lipinski definition) is 1. The van der Waals surface area contributed by atoms with Gasteiger partial charge in [-0.25, -0.2) is 0 Å². The minimum atomic E-state index is 0.158. The van der Waals surface area contributed by atoms with Crippen LogP contribution >= 0.6 is 0 Å². The van der Waals surface area contributed by atoms with Gasteiger partial charge in [0.05, 0.1) is 28.4 Å². The van der Waals surface area contributed by atoms with Gasteiger partial charge in [-0.3, -0.25) is 0 Å². The van der Waals surface area contributed by atoms with Gasteiger partial charge in [0.15, 0.2) is 11.5 Å². The Bertz CT molecular complexity index is 818. The highest BCUT2D eigenvalue weighted by atomic mass is 16.5. The van der Waals surface area contributed by atoms with Crippen LogP contribution in [0.4, 0.5) is 0 Å². The second-order valence-electron chi connectivity index (χ2n) is 7.53. The normalized spacial score (nSPS) is 18.5. The Morgan fingerprint density at radius 2 is 1.50 bits per heavy atom. The van der Waals surface area contributed by atoms with E-state index in [2.05, 4.69) is 37.4 Å². The predicted molar refractivity (Wildman–Crippen MR) is 111 cm³/mol. The Kier molecular flexibility index (Phi) is 6.35. The molecule has 5 heteroatoms. The fourth-order valence-corrected chi connectivity index (χ4v) is 4.06. The van der Waals surface area contributed by atoms with Gasteiger partial charge in [-0.15, -0.1) is 0 Å². The molecule has 2 unspecified atom stereocenters. The maximum atomic E-state index is 5.59. The first-order valence-corrected chi connectivity index (χ1v) is 9.72. The van der Waals surface area contributed by atoms with Crippen LogP contribution in [0.1, 0.15) is 42.5 Å². The predicted octanol–water partition coefficient (Wildman–Crippen LogP) is 4.35. The molecular weight excluding hydrogens is 354 g/mol. The zero-order chi connectivity index (χ0) is 20.3. The van der Waals surface area contributed by atoms with Gasteiger partial charge in [0.2, 0.25) is 0 Å². The topological polar surface area (TPSA) is 49.0 Å². The van der Waals surface area contributed by atoms with E-state index in [-0.39, 0.29) is 6.04 Å². The van der Waals surface area contributed by atoms with E-state index in [4.69, 9.17) is 18.9 Å². The van der Waals surface area contributed by atoms with Crippen molar-refractivity contribution in [1.82, 2.24) is 5.32 Å². The first kappa shape index (κ1) is 20.3. The first-order chi connectivity index (χ1) is 13.5. The highest BCUT2D eigenvalue weighted by Gasteiger charge is 2.31. The Balaban J connectivity index is 2.04. The second-order valence-corrected chi connectivity index (χ2v) is 7.53. The summed E-state index contributed by atoms with van der Waals surface area (Å²) in [4.78, 5) is 0. The summed E-state index contributed by atoms with van der Waals surface area (Å²) < 4.78 is 22.2. The molecule has 2 aromatic rings. The van der Waals surface area contributed by atoms with E-state index in [0.29, 0.717) is 11.8 Å². The number of methoxy groups -OCH3 is 4. The van der Waals surface area contributed by atoms with E-state index in [1.165, 1.54) is 11.1 Å². The highest BCUT2D eigenvalue weighted by Crippen LogP contribution is 2.42. The number of rotatable bonds is 7. The summed E-state index contributed by atoms with van der Waals surface area (Å²) >= 11 is 0. The average Bonchev–Trinajstić information content (AvgIpc) is 2.72. The average molecular weight is 386 g/mol. The molecule has 0 aliphatic carbocycles. The largest absolute Gasteiger partial charge is 0.497 e. The van der Waals surface area contributed by atoms with E-state index in [1.807, 2.05) is 12.1 Å². The van der Waals surface area contributed by atoms with E-state index in [9.17, 15) is 0 Å². The fourth-order valence-electron chi connectivity index (χ4n) is 4.06. The summed E-state index contributed by atoms with van der Waals surface area (Å²) in [6.45, 7) is 5.45. The molecule has 5 nitrogen and oxygen atoms in total. The van der Waals surface area contributed by atoms with Crippen molar-refractivity contribution in [3.8, 4) is 23.0 Å². The Morgan fingerprint density at radius 3 is 2.07 bits per heavy atom. The van der Waals surface area contributed by atoms with Crippen molar-refractivity contribution >= 4 is 0 Å². The van der Waals surface area contributed by atoms with Crippen molar-refractivity contribution in [1.29, 1.82) is 0 Å². The van der Waals surface area contributed by atoms with Gasteiger partial charge < -0.3 is 24.3 Å². The van der Waals surface area contributed by atoms with Crippen molar-refractivity contribution in [2.75, 3.05) is 35.0 Å². The fraction of sp³-hybridized carbons (Fsp3) is 0.478. The van der Waals surface area contributed by atoms with E-state index in [0.717, 1.165) is 41.5 Å². The minimum Gasteiger partial charge on any atom is -0.497 e. The lowest BCUT2D eigenvalue weighted by Gasteiger charge is -2.36. The molecule has 1 heterocycles. The monoisotopic (exact) mass is 385 g/mol. The van der Waals surface area contributed by atoms with Crippen LogP contribution in [0.2, 0.25) is 0 Å². The van der Waals surface area contributed by atoms with E-state index >= 15 is 0 Å². The molecule has 1 aliphatic rings. The molecule has 2 atom stereocenters. The maximum absolute atomic E-state index is 5.59. The molecule has 1 N–H and O–H groups in total. The van der Waals surface area contributed by atoms with Crippen LogP contribution in [0.5, 0.6) is 23.0 Å². The van der Waals surface area contributed by atoms with Gasteiger partial charge >= 0.3 is 0 Å². The lowest BCUT2D eigenvalue weighted by molar-refractivity contribution is 0.344. The number of nitrogens with one attached hydrogen (secondary N) is 1. The third-order valence-electron chi connectivity index (χ3n) is 5.66. The Morgan fingerprint density at radius 1 is 0.857 bits per heavy atom. The van der Waals surface area contributed by atoms with E-state index in [1.54, 1.807) is 28.4 Å². The molecule has 0 saturated carbocycles. The van der Waals surface area contributed by atoms with Gasteiger partial charge in [0.1, 0.15) is 11.5 Å². The third kappa shape index (κ3) is 3.90. The van der Waals surface area contributed by atoms with E-state index < -0.39 is 0 Å². The smallest absolute Gasteiger partial charge is 0.161 e. The highest BCUT2D eigenvalue weighted by molar-refractivity contribution is 5.52. The Hall–Kier alpha value is -2.40. The van der Waals surface area contributed by atoms with Crippen LogP contribution in [0.15, 0.2) is 30.3 Å². The molecule has 2 aromatic carbocycles. The molecule has 1 aliphatic heterocycles. The van der Waals surface area contributed by atoms with Crippen LogP contribution < -0.4 is 24.3 Å². The molecule has 0 bridgehead atoms. The van der Waals surface area contributed by atoms with Crippen molar-refractivity contribution in [2.45, 2.75) is 32.2 Å². The van der Waals surface area contributed by atoms with Gasteiger partial charge in [0, 0.05) is 12.6 Å². The van der Waals surface area contributed by atoms with Crippen molar-refractivity contribution in [2.24, 2.45) is 5.92 Å². The van der Waals surface area contributed by atoms with Gasteiger partial charge in [-0.2, -0.15) is 0 Å². The zero-order valence-corrected chi connectivity index (χ0v) is 17.7. The standard InChI is InChI=1S/C23H31NO4/c1-14(2)19-13-24-20(10-15-9-16(25-3)7-8-21(15)26-4)18-12-23(28-6)22(27-5)11-17(18)19/h7-9,11-12,14,19-20,24H,10,13H2,1-6H3. The summed E-state index contributed by atoms with van der Waals surface area (Å²) in [5, 5.41) is 3.74. The van der Waals surface area contributed by atoms with Crippen LogP contribution in [0.25, 0.3) is 0 Å². The van der Waals surface area contributed by atoms with Crippen molar-refractivity contribution in [3.63, 3.8) is 0 Å². The zero-order valence-electron chi connectivity index (χ0n) is 17.7. The summed E-state index contributed by atoms with van der Waals surface area (Å²) in [6.07, 6.45) is 0.799. The van der Waals surface area contributed by atoms with Gasteiger partial charge in [-0.1, -0.05) is 13.8 Å². The Labute approximate surface area is 168 Å². The summed E-state index contributed by atoms with van der Waals surface area (Å²) in [6, 6.07) is 10.4. The third-order valence-corrected chi connectivity index (χ3v) is 5.66. The quantitative estimate of drug-likeness (QED) is 0.768. The molecule has 0 spiro atoms. The summed E-state index contributed by atoms with van der Waals surface area (Å²) in [7, 11) is 6.76. The number of ether oxygens (including phenoxy) is 4. The minimum absolute atomic E-state index is 0.158. The number of benzene rings is 2. The van der Waals surface area contributed by atoms with Crippen molar-refractivity contribution in [3.05, 3.63) is 47.0 Å². The summed E-state index contributed by atoms with van der Waals surface area (Å²) in [5.41, 5.74) is 3.70. The molecular formula is C23H31NO4. The molecule has 152 valence electrons. The van der Waals surface area contributed by atoms with Crippen LogP contribution in [0, 0.1) is 5.92 Å². The SMILES string of the molecule is COc1ccc(OC)c(CC2NCC(C(C)C)c3cc(OC)c(OC)cc32)c1. The van der Waals surface area contributed by atoms with Crippen molar-refractivity contribution < 1.29 is 18.9 Å². The van der Waals surface area contributed by atoms with Crippen LogP contribution in [0.3, 0.4) is 0 Å². The lowest BCUT2D eigenvalue weighted by atomic mass is 9.79. The number of fused-ring (bicyclic) bond motifs is 1. The van der Waals surface area contributed by atoms with Gasteiger partial charge in [0.25, 0.3) is 0 Å². The lowest BCUT2D eigenvalue weighted by Crippen LogP contribution is -2.36. The van der Waals surface area contributed by atoms with Crippen LogP contribution in [-0.2, 0) is 6.42 Å². The summed E-state index contributed by atoms with van der Waals surface area (Å²) in [5.74, 6) is 4.20. The van der Waals surface area contributed by atoms with Crippen LogP contribution in [-0.4, -0.2) is 35.0 Å². The molecule has 0 amide bonds. The number of hydrogen-bond acceptors (Lipinski definition) is 5. The maximum Gasteiger partial charge on any atom is 0.161 e. The molecule has 3 rings (SSSR count). The molecule has 28 heavy (non-hydrogen) atoms. The molecule has 0 aromatic heterocycles. The molecule has 0 fully saturated rings. The molecule has 0 radical (unpaired) electrons. The molecule has 0 saturated heterocycles.